The first-order valence-corrected chi connectivity index (χ1v) is 8.65. The van der Waals surface area contributed by atoms with E-state index in [-0.39, 0.29) is 0 Å². The van der Waals surface area contributed by atoms with Crippen molar-refractivity contribution >= 4 is 31.9 Å². The number of methoxy groups -OCH3 is 1. The SMILES string of the molecule is COc1c(Br)cc(CNN2C(C)CCCC2C)cc1Br. The standard InChI is InChI=1S/C15H22Br2N2O/c1-10-5-4-6-11(2)19(10)18-9-12-7-13(16)15(20-3)14(17)8-12/h7-8,10-11,18H,4-6,9H2,1-3H3. The Kier molecular flexibility index (Phi) is 5.90. The smallest absolute Gasteiger partial charge is 0.147 e. The van der Waals surface area contributed by atoms with Crippen LogP contribution in [0.4, 0.5) is 0 Å². The molecule has 1 aromatic rings. The third kappa shape index (κ3) is 3.75. The largest absolute Gasteiger partial charge is 0.494 e. The third-order valence-corrected chi connectivity index (χ3v) is 5.10. The number of piperidine rings is 1. The third-order valence-electron chi connectivity index (χ3n) is 3.92. The van der Waals surface area contributed by atoms with Gasteiger partial charge < -0.3 is 4.74 Å². The normalized spacial score (nSPS) is 23.9. The fraction of sp³-hybridized carbons (Fsp3) is 0.600. The van der Waals surface area contributed by atoms with E-state index in [1.54, 1.807) is 7.11 Å². The Bertz CT molecular complexity index is 434. The fourth-order valence-electron chi connectivity index (χ4n) is 2.82. The molecule has 2 unspecified atom stereocenters. The van der Waals surface area contributed by atoms with Gasteiger partial charge in [0.1, 0.15) is 5.75 Å². The molecule has 20 heavy (non-hydrogen) atoms. The van der Waals surface area contributed by atoms with Crippen LogP contribution >= 0.6 is 31.9 Å². The van der Waals surface area contributed by atoms with Crippen molar-refractivity contribution in [3.8, 4) is 5.75 Å². The maximum atomic E-state index is 5.33. The molecule has 1 aromatic carbocycles. The molecule has 0 aliphatic carbocycles. The van der Waals surface area contributed by atoms with Gasteiger partial charge in [0.2, 0.25) is 0 Å². The van der Waals surface area contributed by atoms with Gasteiger partial charge in [0.25, 0.3) is 0 Å². The maximum absolute atomic E-state index is 5.33. The zero-order valence-electron chi connectivity index (χ0n) is 12.2. The fourth-order valence-corrected chi connectivity index (χ4v) is 4.43. The minimum Gasteiger partial charge on any atom is -0.494 e. The van der Waals surface area contributed by atoms with E-state index < -0.39 is 0 Å². The summed E-state index contributed by atoms with van der Waals surface area (Å²) < 4.78 is 7.29. The Morgan fingerprint density at radius 2 is 1.75 bits per heavy atom. The second-order valence-electron chi connectivity index (χ2n) is 5.46. The highest BCUT2D eigenvalue weighted by Gasteiger charge is 2.24. The first-order valence-electron chi connectivity index (χ1n) is 7.06. The van der Waals surface area contributed by atoms with E-state index in [0.717, 1.165) is 21.2 Å². The minimum atomic E-state index is 0.601. The molecule has 0 radical (unpaired) electrons. The van der Waals surface area contributed by atoms with Gasteiger partial charge in [-0.3, -0.25) is 5.43 Å². The first kappa shape index (κ1) is 16.3. The average molecular weight is 406 g/mol. The van der Waals surface area contributed by atoms with Crippen molar-refractivity contribution in [1.82, 2.24) is 10.4 Å². The van der Waals surface area contributed by atoms with Gasteiger partial charge >= 0.3 is 0 Å². The van der Waals surface area contributed by atoms with Gasteiger partial charge in [-0.25, -0.2) is 5.01 Å². The highest BCUT2D eigenvalue weighted by atomic mass is 79.9. The summed E-state index contributed by atoms with van der Waals surface area (Å²) in [5, 5.41) is 2.40. The molecule has 2 rings (SSSR count). The van der Waals surface area contributed by atoms with E-state index in [4.69, 9.17) is 4.74 Å². The number of hydrazine groups is 1. The summed E-state index contributed by atoms with van der Waals surface area (Å²) in [5.74, 6) is 0.841. The lowest BCUT2D eigenvalue weighted by Gasteiger charge is -2.39. The van der Waals surface area contributed by atoms with Crippen molar-refractivity contribution < 1.29 is 4.74 Å². The summed E-state index contributed by atoms with van der Waals surface area (Å²) >= 11 is 7.10. The number of halogens is 2. The van der Waals surface area contributed by atoms with E-state index >= 15 is 0 Å². The number of hydrogen-bond donors (Lipinski definition) is 1. The number of ether oxygens (including phenoxy) is 1. The zero-order chi connectivity index (χ0) is 14.7. The molecule has 1 aliphatic heterocycles. The number of hydrogen-bond acceptors (Lipinski definition) is 3. The number of rotatable bonds is 4. The predicted molar refractivity (Wildman–Crippen MR) is 89.8 cm³/mol. The van der Waals surface area contributed by atoms with Gasteiger partial charge in [-0.05, 0) is 76.2 Å². The lowest BCUT2D eigenvalue weighted by atomic mass is 10.00. The molecule has 0 spiro atoms. The Labute approximate surface area is 138 Å². The molecule has 0 saturated carbocycles. The lowest BCUT2D eigenvalue weighted by Crippen LogP contribution is -2.51. The Morgan fingerprint density at radius 1 is 1.20 bits per heavy atom. The van der Waals surface area contributed by atoms with E-state index in [0.29, 0.717) is 12.1 Å². The molecule has 5 heteroatoms. The molecule has 1 heterocycles. The molecule has 112 valence electrons. The highest BCUT2D eigenvalue weighted by Crippen LogP contribution is 2.34. The molecular formula is C15H22Br2N2O. The summed E-state index contributed by atoms with van der Waals surface area (Å²) in [5.41, 5.74) is 4.81. The number of nitrogens with one attached hydrogen (secondary N) is 1. The van der Waals surface area contributed by atoms with Crippen LogP contribution in [0.25, 0.3) is 0 Å². The van der Waals surface area contributed by atoms with Crippen LogP contribution < -0.4 is 10.2 Å². The molecular weight excluding hydrogens is 384 g/mol. The van der Waals surface area contributed by atoms with Gasteiger partial charge in [0, 0.05) is 18.6 Å². The Hall–Kier alpha value is -0.100. The van der Waals surface area contributed by atoms with Crippen LogP contribution in [-0.2, 0) is 6.54 Å². The van der Waals surface area contributed by atoms with Gasteiger partial charge in [-0.15, -0.1) is 0 Å². The van der Waals surface area contributed by atoms with Gasteiger partial charge in [0.05, 0.1) is 16.1 Å². The quantitative estimate of drug-likeness (QED) is 0.798. The minimum absolute atomic E-state index is 0.601. The van der Waals surface area contributed by atoms with E-state index in [9.17, 15) is 0 Å². The highest BCUT2D eigenvalue weighted by molar-refractivity contribution is 9.11. The van der Waals surface area contributed by atoms with E-state index in [2.05, 4.69) is 68.3 Å². The van der Waals surface area contributed by atoms with Gasteiger partial charge in [-0.2, -0.15) is 0 Å². The van der Waals surface area contributed by atoms with Gasteiger partial charge in [-0.1, -0.05) is 6.42 Å². The molecule has 3 nitrogen and oxygen atoms in total. The first-order chi connectivity index (χ1) is 9.52. The molecule has 1 saturated heterocycles. The molecule has 0 amide bonds. The van der Waals surface area contributed by atoms with Crippen LogP contribution in [0.5, 0.6) is 5.75 Å². The maximum Gasteiger partial charge on any atom is 0.147 e. The molecule has 1 fully saturated rings. The lowest BCUT2D eigenvalue weighted by molar-refractivity contribution is 0.0435. The van der Waals surface area contributed by atoms with Crippen molar-refractivity contribution in [2.45, 2.75) is 51.7 Å². The van der Waals surface area contributed by atoms with Crippen LogP contribution in [0.2, 0.25) is 0 Å². The van der Waals surface area contributed by atoms with E-state index in [1.807, 2.05) is 0 Å². The predicted octanol–water partition coefficient (Wildman–Crippen LogP) is 4.49. The molecule has 0 bridgehead atoms. The van der Waals surface area contributed by atoms with Crippen molar-refractivity contribution in [2.24, 2.45) is 0 Å². The van der Waals surface area contributed by atoms with Gasteiger partial charge in [0.15, 0.2) is 0 Å². The topological polar surface area (TPSA) is 24.5 Å². The summed E-state index contributed by atoms with van der Waals surface area (Å²) in [4.78, 5) is 0. The Morgan fingerprint density at radius 3 is 2.25 bits per heavy atom. The van der Waals surface area contributed by atoms with E-state index in [1.165, 1.54) is 24.8 Å². The average Bonchev–Trinajstić information content (AvgIpc) is 2.38. The summed E-state index contributed by atoms with van der Waals surface area (Å²) in [7, 11) is 1.68. The summed E-state index contributed by atoms with van der Waals surface area (Å²) in [6.45, 7) is 5.42. The van der Waals surface area contributed by atoms with Crippen molar-refractivity contribution in [3.63, 3.8) is 0 Å². The Balaban J connectivity index is 2.03. The van der Waals surface area contributed by atoms with Crippen LogP contribution in [0.15, 0.2) is 21.1 Å². The second-order valence-corrected chi connectivity index (χ2v) is 7.17. The zero-order valence-corrected chi connectivity index (χ0v) is 15.4. The van der Waals surface area contributed by atoms with Crippen LogP contribution in [0.1, 0.15) is 38.7 Å². The molecule has 2 atom stereocenters. The van der Waals surface area contributed by atoms with Crippen molar-refractivity contribution in [3.05, 3.63) is 26.6 Å². The monoisotopic (exact) mass is 404 g/mol. The van der Waals surface area contributed by atoms with Crippen LogP contribution in [-0.4, -0.2) is 24.2 Å². The summed E-state index contributed by atoms with van der Waals surface area (Å²) in [6, 6.07) is 5.42. The molecule has 1 aliphatic rings. The van der Waals surface area contributed by atoms with Crippen LogP contribution in [0.3, 0.4) is 0 Å². The second kappa shape index (κ2) is 7.25. The number of benzene rings is 1. The van der Waals surface area contributed by atoms with Crippen molar-refractivity contribution in [2.75, 3.05) is 7.11 Å². The number of nitrogens with zero attached hydrogens (tertiary/aromatic N) is 1. The van der Waals surface area contributed by atoms with Crippen molar-refractivity contribution in [1.29, 1.82) is 0 Å². The summed E-state index contributed by atoms with van der Waals surface area (Å²) in [6.07, 6.45) is 3.88. The molecule has 0 aromatic heterocycles. The van der Waals surface area contributed by atoms with Crippen LogP contribution in [0, 0.1) is 0 Å². The molecule has 1 N–H and O–H groups in total.